The maximum atomic E-state index is 12.7. The maximum Gasteiger partial charge on any atom is 0.225 e. The van der Waals surface area contributed by atoms with Crippen LogP contribution in [0.5, 0.6) is 0 Å². The summed E-state index contributed by atoms with van der Waals surface area (Å²) in [5.41, 5.74) is 2.54. The predicted molar refractivity (Wildman–Crippen MR) is 101 cm³/mol. The van der Waals surface area contributed by atoms with Gasteiger partial charge in [-0.2, -0.15) is 0 Å². The first-order valence-electron chi connectivity index (χ1n) is 9.50. The van der Waals surface area contributed by atoms with Gasteiger partial charge in [-0.05, 0) is 55.7 Å². The molecular formula is C20H29ClN2O2. The van der Waals surface area contributed by atoms with E-state index in [1.54, 1.807) is 0 Å². The Kier molecular flexibility index (Phi) is 6.37. The van der Waals surface area contributed by atoms with Gasteiger partial charge in [0.1, 0.15) is 0 Å². The third-order valence-corrected chi connectivity index (χ3v) is 5.69. The molecule has 0 spiro atoms. The molecule has 1 N–H and O–H groups in total. The molecule has 0 radical (unpaired) electrons. The number of rotatable bonds is 5. The second kappa shape index (κ2) is 8.52. The normalized spacial score (nSPS) is 23.7. The largest absolute Gasteiger partial charge is 0.373 e. The van der Waals surface area contributed by atoms with Crippen LogP contribution >= 0.6 is 12.4 Å². The zero-order chi connectivity index (χ0) is 16.4. The van der Waals surface area contributed by atoms with Crippen molar-refractivity contribution in [3.63, 3.8) is 0 Å². The Balaban J connectivity index is 0.00000182. The van der Waals surface area contributed by atoms with E-state index in [0.29, 0.717) is 12.5 Å². The highest BCUT2D eigenvalue weighted by Crippen LogP contribution is 2.31. The van der Waals surface area contributed by atoms with Crippen molar-refractivity contribution in [3.8, 4) is 0 Å². The van der Waals surface area contributed by atoms with Gasteiger partial charge in [-0.15, -0.1) is 12.4 Å². The van der Waals surface area contributed by atoms with E-state index in [-0.39, 0.29) is 24.4 Å². The molecule has 2 fully saturated rings. The molecule has 138 valence electrons. The van der Waals surface area contributed by atoms with E-state index in [0.717, 1.165) is 44.9 Å². The van der Waals surface area contributed by atoms with Crippen molar-refractivity contribution in [2.24, 2.45) is 5.92 Å². The van der Waals surface area contributed by atoms with E-state index in [9.17, 15) is 4.79 Å². The molecule has 4 rings (SSSR count). The van der Waals surface area contributed by atoms with E-state index >= 15 is 0 Å². The number of amides is 1. The van der Waals surface area contributed by atoms with Gasteiger partial charge in [0.15, 0.2) is 0 Å². The molecular weight excluding hydrogens is 336 g/mol. The maximum absolute atomic E-state index is 12.7. The van der Waals surface area contributed by atoms with E-state index in [1.807, 2.05) is 11.0 Å². The topological polar surface area (TPSA) is 41.6 Å². The van der Waals surface area contributed by atoms with Gasteiger partial charge in [0.2, 0.25) is 5.91 Å². The van der Waals surface area contributed by atoms with E-state index in [4.69, 9.17) is 4.74 Å². The summed E-state index contributed by atoms with van der Waals surface area (Å²) in [5.74, 6) is 1.17. The summed E-state index contributed by atoms with van der Waals surface area (Å²) in [6.07, 6.45) is 6.34. The number of benzene rings is 1. The van der Waals surface area contributed by atoms with Crippen LogP contribution in [0, 0.1) is 5.92 Å². The van der Waals surface area contributed by atoms with Crippen molar-refractivity contribution in [1.29, 1.82) is 0 Å². The Labute approximate surface area is 156 Å². The lowest BCUT2D eigenvalue weighted by Crippen LogP contribution is -2.45. The number of nitrogens with zero attached hydrogens (tertiary/aromatic N) is 1. The first-order chi connectivity index (χ1) is 11.8. The van der Waals surface area contributed by atoms with Crippen molar-refractivity contribution < 1.29 is 9.53 Å². The monoisotopic (exact) mass is 364 g/mol. The van der Waals surface area contributed by atoms with Gasteiger partial charge >= 0.3 is 0 Å². The molecule has 1 amide bonds. The molecule has 1 atom stereocenters. The fraction of sp³-hybridized carbons (Fsp3) is 0.650. The van der Waals surface area contributed by atoms with Gasteiger partial charge < -0.3 is 15.0 Å². The van der Waals surface area contributed by atoms with Crippen LogP contribution in [-0.2, 0) is 16.0 Å². The lowest BCUT2D eigenvalue weighted by molar-refractivity contribution is -0.135. The molecule has 3 aliphatic rings. The molecule has 4 nitrogen and oxygen atoms in total. The highest BCUT2D eigenvalue weighted by Gasteiger charge is 2.29. The Hall–Kier alpha value is -1.10. The minimum atomic E-state index is -0.0619. The number of piperidine rings is 1. The summed E-state index contributed by atoms with van der Waals surface area (Å²) in [6, 6.07) is 8.98. The molecule has 25 heavy (non-hydrogen) atoms. The molecule has 1 aromatic rings. The summed E-state index contributed by atoms with van der Waals surface area (Å²) < 4.78 is 5.90. The quantitative estimate of drug-likeness (QED) is 0.872. The minimum absolute atomic E-state index is 0. The van der Waals surface area contributed by atoms with Crippen molar-refractivity contribution in [3.05, 3.63) is 35.4 Å². The molecule has 2 aliphatic heterocycles. The van der Waals surface area contributed by atoms with Gasteiger partial charge in [0.05, 0.1) is 19.1 Å². The van der Waals surface area contributed by atoms with Gasteiger partial charge in [-0.3, -0.25) is 4.79 Å². The number of halogens is 1. The van der Waals surface area contributed by atoms with Crippen molar-refractivity contribution in [2.75, 3.05) is 26.2 Å². The third kappa shape index (κ3) is 4.75. The highest BCUT2D eigenvalue weighted by atomic mass is 35.5. The lowest BCUT2D eigenvalue weighted by atomic mass is 9.95. The Bertz CT molecular complexity index is 583. The predicted octanol–water partition coefficient (Wildman–Crippen LogP) is 3.10. The second-order valence-corrected chi connectivity index (χ2v) is 7.52. The fourth-order valence-corrected chi connectivity index (χ4v) is 3.92. The number of hydrogen-bond acceptors (Lipinski definition) is 3. The number of fused-ring (bicyclic) bond motifs is 1. The number of ether oxygens (including phenoxy) is 1. The van der Waals surface area contributed by atoms with Crippen LogP contribution in [0.3, 0.4) is 0 Å². The Morgan fingerprint density at radius 1 is 1.16 bits per heavy atom. The van der Waals surface area contributed by atoms with E-state index in [2.05, 4.69) is 23.5 Å². The number of carbonyl (C=O) groups excluding carboxylic acids is 1. The molecule has 0 aromatic heterocycles. The number of nitrogens with one attached hydrogen (secondary N) is 1. The SMILES string of the molecule is Cl.O=C(CC1OCCc2ccccc21)N1CCC(NCC2CC2)CC1. The standard InChI is InChI=1S/C20H28N2O2.ClH/c23-20(13-19-18-4-2-1-3-16(18)9-12-24-19)22-10-7-17(8-11-22)21-14-15-5-6-15;/h1-4,15,17,19,21H,5-14H2;1H. The fourth-order valence-electron chi connectivity index (χ4n) is 3.92. The summed E-state index contributed by atoms with van der Waals surface area (Å²) in [5, 5.41) is 3.67. The molecule has 1 unspecified atom stereocenters. The molecule has 1 saturated carbocycles. The molecule has 1 aromatic carbocycles. The summed E-state index contributed by atoms with van der Waals surface area (Å²) in [4.78, 5) is 14.7. The van der Waals surface area contributed by atoms with Crippen LogP contribution in [0.2, 0.25) is 0 Å². The summed E-state index contributed by atoms with van der Waals surface area (Å²) >= 11 is 0. The first-order valence-corrected chi connectivity index (χ1v) is 9.50. The van der Waals surface area contributed by atoms with Crippen LogP contribution in [0.15, 0.2) is 24.3 Å². The van der Waals surface area contributed by atoms with E-state index < -0.39 is 0 Å². The molecule has 1 aliphatic carbocycles. The van der Waals surface area contributed by atoms with Crippen LogP contribution < -0.4 is 5.32 Å². The average Bonchev–Trinajstić information content (AvgIpc) is 3.45. The third-order valence-electron chi connectivity index (χ3n) is 5.69. The summed E-state index contributed by atoms with van der Waals surface area (Å²) in [6.45, 7) is 3.67. The first kappa shape index (κ1) is 18.7. The zero-order valence-electron chi connectivity index (χ0n) is 14.8. The number of likely N-dealkylation sites (tertiary alicyclic amines) is 1. The summed E-state index contributed by atoms with van der Waals surface area (Å²) in [7, 11) is 0. The van der Waals surface area contributed by atoms with Crippen LogP contribution in [-0.4, -0.2) is 43.1 Å². The molecule has 0 bridgehead atoms. The highest BCUT2D eigenvalue weighted by molar-refractivity contribution is 5.85. The zero-order valence-corrected chi connectivity index (χ0v) is 15.6. The van der Waals surface area contributed by atoms with Crippen molar-refractivity contribution in [2.45, 2.75) is 50.7 Å². The average molecular weight is 365 g/mol. The van der Waals surface area contributed by atoms with Crippen LogP contribution in [0.1, 0.15) is 49.3 Å². The van der Waals surface area contributed by atoms with Crippen molar-refractivity contribution in [1.82, 2.24) is 10.2 Å². The smallest absolute Gasteiger partial charge is 0.225 e. The van der Waals surface area contributed by atoms with Gasteiger partial charge in [0.25, 0.3) is 0 Å². The molecule has 2 heterocycles. The Morgan fingerprint density at radius 2 is 1.92 bits per heavy atom. The molecule has 5 heteroatoms. The lowest BCUT2D eigenvalue weighted by Gasteiger charge is -2.34. The minimum Gasteiger partial charge on any atom is -0.373 e. The van der Waals surface area contributed by atoms with Crippen LogP contribution in [0.4, 0.5) is 0 Å². The number of carbonyl (C=O) groups is 1. The van der Waals surface area contributed by atoms with Crippen LogP contribution in [0.25, 0.3) is 0 Å². The van der Waals surface area contributed by atoms with Crippen molar-refractivity contribution >= 4 is 18.3 Å². The Morgan fingerprint density at radius 3 is 2.68 bits per heavy atom. The second-order valence-electron chi connectivity index (χ2n) is 7.52. The van der Waals surface area contributed by atoms with E-state index in [1.165, 1.54) is 30.5 Å². The molecule has 1 saturated heterocycles. The number of hydrogen-bond donors (Lipinski definition) is 1. The van der Waals surface area contributed by atoms with Gasteiger partial charge in [-0.1, -0.05) is 24.3 Å². The van der Waals surface area contributed by atoms with Gasteiger partial charge in [-0.25, -0.2) is 0 Å². The van der Waals surface area contributed by atoms with Gasteiger partial charge in [0, 0.05) is 19.1 Å².